The van der Waals surface area contributed by atoms with Crippen molar-refractivity contribution < 1.29 is 0 Å². The van der Waals surface area contributed by atoms with E-state index >= 15 is 0 Å². The lowest BCUT2D eigenvalue weighted by Crippen LogP contribution is -2.46. The lowest BCUT2D eigenvalue weighted by atomic mass is 10.2. The first-order valence-electron chi connectivity index (χ1n) is 6.80. The van der Waals surface area contributed by atoms with Gasteiger partial charge in [-0.25, -0.2) is 4.98 Å². The van der Waals surface area contributed by atoms with E-state index in [0.29, 0.717) is 0 Å². The summed E-state index contributed by atoms with van der Waals surface area (Å²) in [6, 6.07) is 9.79. The smallest absolute Gasteiger partial charge is 0.128 e. The highest BCUT2D eigenvalue weighted by Gasteiger charge is 2.18. The molecule has 0 radical (unpaired) electrons. The third-order valence-corrected chi connectivity index (χ3v) is 3.74. The van der Waals surface area contributed by atoms with Crippen LogP contribution >= 0.6 is 11.6 Å². The molecule has 3 heterocycles. The van der Waals surface area contributed by atoms with Gasteiger partial charge in [0.2, 0.25) is 0 Å². The van der Waals surface area contributed by atoms with Gasteiger partial charge in [-0.3, -0.25) is 9.88 Å². The number of aromatic nitrogens is 2. The minimum absolute atomic E-state index is 0.752. The van der Waals surface area contributed by atoms with E-state index in [2.05, 4.69) is 25.8 Å². The molecule has 2 aromatic rings. The van der Waals surface area contributed by atoms with Gasteiger partial charge in [-0.05, 0) is 24.3 Å². The van der Waals surface area contributed by atoms with Crippen LogP contribution in [0.25, 0.3) is 0 Å². The van der Waals surface area contributed by atoms with E-state index in [0.717, 1.165) is 49.3 Å². The molecule has 104 valence electrons. The molecule has 3 rings (SSSR count). The summed E-state index contributed by atoms with van der Waals surface area (Å²) < 4.78 is 0. The second kappa shape index (κ2) is 6.20. The first kappa shape index (κ1) is 13.3. The minimum atomic E-state index is 0.752. The van der Waals surface area contributed by atoms with E-state index in [1.54, 1.807) is 6.20 Å². The number of rotatable bonds is 3. The van der Waals surface area contributed by atoms with Crippen LogP contribution in [0.3, 0.4) is 0 Å². The number of hydrogen-bond donors (Lipinski definition) is 0. The van der Waals surface area contributed by atoms with Gasteiger partial charge in [-0.2, -0.15) is 0 Å². The zero-order valence-corrected chi connectivity index (χ0v) is 12.0. The molecule has 1 aliphatic heterocycles. The van der Waals surface area contributed by atoms with E-state index in [1.165, 1.54) is 0 Å². The second-order valence-electron chi connectivity index (χ2n) is 4.92. The van der Waals surface area contributed by atoms with Crippen LogP contribution in [0, 0.1) is 0 Å². The van der Waals surface area contributed by atoms with Crippen molar-refractivity contribution in [3.05, 3.63) is 53.4 Å². The molecule has 5 heteroatoms. The highest BCUT2D eigenvalue weighted by atomic mass is 35.5. The Kier molecular flexibility index (Phi) is 4.14. The molecule has 0 spiro atoms. The van der Waals surface area contributed by atoms with Gasteiger partial charge in [0.15, 0.2) is 0 Å². The van der Waals surface area contributed by atoms with E-state index in [4.69, 9.17) is 11.6 Å². The Morgan fingerprint density at radius 2 is 1.85 bits per heavy atom. The van der Waals surface area contributed by atoms with Crippen LogP contribution in [0.15, 0.2) is 42.7 Å². The van der Waals surface area contributed by atoms with Gasteiger partial charge in [0.1, 0.15) is 5.82 Å². The topological polar surface area (TPSA) is 32.3 Å². The van der Waals surface area contributed by atoms with Crippen molar-refractivity contribution in [2.75, 3.05) is 31.1 Å². The Hall–Kier alpha value is -1.65. The standard InChI is InChI=1S/C15H17ClN4/c16-13-4-6-17-14(11-13)12-19-7-9-20(10-8-19)15-3-1-2-5-18-15/h1-6,11H,7-10,12H2. The minimum Gasteiger partial charge on any atom is -0.354 e. The number of pyridine rings is 2. The average molecular weight is 289 g/mol. The Morgan fingerprint density at radius 3 is 2.55 bits per heavy atom. The number of hydrogen-bond acceptors (Lipinski definition) is 4. The van der Waals surface area contributed by atoms with Crippen LogP contribution in [-0.2, 0) is 6.54 Å². The number of piperazine rings is 1. The first-order chi connectivity index (χ1) is 9.81. The first-order valence-corrected chi connectivity index (χ1v) is 7.18. The fraction of sp³-hybridized carbons (Fsp3) is 0.333. The summed E-state index contributed by atoms with van der Waals surface area (Å²) in [5.74, 6) is 1.06. The van der Waals surface area contributed by atoms with E-state index in [-0.39, 0.29) is 0 Å². The predicted octanol–water partition coefficient (Wildman–Crippen LogP) is 2.45. The van der Waals surface area contributed by atoms with Crippen molar-refractivity contribution in [2.24, 2.45) is 0 Å². The summed E-state index contributed by atoms with van der Waals surface area (Å²) in [5, 5.41) is 0.752. The summed E-state index contributed by atoms with van der Waals surface area (Å²) in [6.07, 6.45) is 3.61. The average Bonchev–Trinajstić information content (AvgIpc) is 2.49. The van der Waals surface area contributed by atoms with Crippen LogP contribution in [0.1, 0.15) is 5.69 Å². The molecule has 0 bridgehead atoms. The maximum Gasteiger partial charge on any atom is 0.128 e. The quantitative estimate of drug-likeness (QED) is 0.868. The summed E-state index contributed by atoms with van der Waals surface area (Å²) in [5.41, 5.74) is 1.03. The maximum absolute atomic E-state index is 5.99. The van der Waals surface area contributed by atoms with E-state index in [9.17, 15) is 0 Å². The van der Waals surface area contributed by atoms with Crippen molar-refractivity contribution in [1.82, 2.24) is 14.9 Å². The lowest BCUT2D eigenvalue weighted by Gasteiger charge is -2.35. The fourth-order valence-electron chi connectivity index (χ4n) is 2.44. The Balaban J connectivity index is 1.56. The Morgan fingerprint density at radius 1 is 1.00 bits per heavy atom. The normalized spacial score (nSPS) is 16.4. The van der Waals surface area contributed by atoms with Crippen molar-refractivity contribution in [3.8, 4) is 0 Å². The van der Waals surface area contributed by atoms with Crippen LogP contribution in [0.4, 0.5) is 5.82 Å². The molecule has 0 amide bonds. The third kappa shape index (κ3) is 3.26. The monoisotopic (exact) mass is 288 g/mol. The van der Waals surface area contributed by atoms with Gasteiger partial charge < -0.3 is 4.90 Å². The van der Waals surface area contributed by atoms with Crippen LogP contribution in [0.2, 0.25) is 5.02 Å². The van der Waals surface area contributed by atoms with Gasteiger partial charge in [0.05, 0.1) is 5.69 Å². The molecular formula is C15H17ClN4. The van der Waals surface area contributed by atoms with Gasteiger partial charge in [0.25, 0.3) is 0 Å². The number of halogens is 1. The highest BCUT2D eigenvalue weighted by Crippen LogP contribution is 2.15. The molecule has 0 N–H and O–H groups in total. The van der Waals surface area contributed by atoms with Crippen molar-refractivity contribution in [1.29, 1.82) is 0 Å². The summed E-state index contributed by atoms with van der Waals surface area (Å²) in [7, 11) is 0. The lowest BCUT2D eigenvalue weighted by molar-refractivity contribution is 0.246. The molecule has 0 saturated carbocycles. The van der Waals surface area contributed by atoms with Gasteiger partial charge in [-0.15, -0.1) is 0 Å². The highest BCUT2D eigenvalue weighted by molar-refractivity contribution is 6.30. The summed E-state index contributed by atoms with van der Waals surface area (Å²) in [4.78, 5) is 13.5. The van der Waals surface area contributed by atoms with Crippen molar-refractivity contribution in [3.63, 3.8) is 0 Å². The summed E-state index contributed by atoms with van der Waals surface area (Å²) >= 11 is 5.99. The van der Waals surface area contributed by atoms with Crippen molar-refractivity contribution in [2.45, 2.75) is 6.54 Å². The summed E-state index contributed by atoms with van der Waals surface area (Å²) in [6.45, 7) is 4.89. The molecule has 2 aromatic heterocycles. The van der Waals surface area contributed by atoms with E-state index in [1.807, 2.05) is 30.5 Å². The third-order valence-electron chi connectivity index (χ3n) is 3.51. The molecule has 0 unspecified atom stereocenters. The molecule has 4 nitrogen and oxygen atoms in total. The molecule has 1 aliphatic rings. The molecule has 1 saturated heterocycles. The zero-order valence-electron chi connectivity index (χ0n) is 11.2. The Bertz CT molecular complexity index is 553. The Labute approximate surface area is 124 Å². The fourth-order valence-corrected chi connectivity index (χ4v) is 2.62. The van der Waals surface area contributed by atoms with Crippen LogP contribution in [-0.4, -0.2) is 41.0 Å². The molecule has 0 atom stereocenters. The van der Waals surface area contributed by atoms with E-state index < -0.39 is 0 Å². The van der Waals surface area contributed by atoms with Crippen molar-refractivity contribution >= 4 is 17.4 Å². The second-order valence-corrected chi connectivity index (χ2v) is 5.35. The largest absolute Gasteiger partial charge is 0.354 e. The molecule has 20 heavy (non-hydrogen) atoms. The molecule has 1 fully saturated rings. The number of anilines is 1. The van der Waals surface area contributed by atoms with Gasteiger partial charge >= 0.3 is 0 Å². The van der Waals surface area contributed by atoms with Gasteiger partial charge in [0, 0.05) is 50.1 Å². The maximum atomic E-state index is 5.99. The van der Waals surface area contributed by atoms with Gasteiger partial charge in [-0.1, -0.05) is 17.7 Å². The molecular weight excluding hydrogens is 272 g/mol. The number of nitrogens with zero attached hydrogens (tertiary/aromatic N) is 4. The van der Waals surface area contributed by atoms with Crippen LogP contribution in [0.5, 0.6) is 0 Å². The molecule has 0 aliphatic carbocycles. The molecule has 0 aromatic carbocycles. The van der Waals surface area contributed by atoms with Crippen LogP contribution < -0.4 is 4.90 Å². The SMILES string of the molecule is Clc1ccnc(CN2CCN(c3ccccn3)CC2)c1. The zero-order chi connectivity index (χ0) is 13.8. The predicted molar refractivity (Wildman–Crippen MR) is 81.0 cm³/mol.